The maximum atomic E-state index is 13.9. The van der Waals surface area contributed by atoms with Gasteiger partial charge in [0, 0.05) is 80.3 Å². The van der Waals surface area contributed by atoms with E-state index in [4.69, 9.17) is 17.2 Å². The molecule has 3 aliphatic heterocycles. The lowest BCUT2D eigenvalue weighted by Crippen LogP contribution is -2.43. The molecule has 0 radical (unpaired) electrons. The van der Waals surface area contributed by atoms with E-state index in [1.807, 2.05) is 46.2 Å². The Morgan fingerprint density at radius 3 is 2.48 bits per heavy atom. The summed E-state index contributed by atoms with van der Waals surface area (Å²) in [4.78, 5) is 45.0. The molecule has 0 unspecified atom stereocenters. The molecule has 6 N–H and O–H groups in total. The van der Waals surface area contributed by atoms with Crippen molar-refractivity contribution in [1.82, 2.24) is 9.80 Å². The van der Waals surface area contributed by atoms with Gasteiger partial charge in [0.1, 0.15) is 12.2 Å². The standard InChI is InChI=1S/C35H43N9O2/c1-4-24(20-39-2)32(37)29-19-28(9-10-30(29)36)44-18-14-35(34(44)46)13-17-42(22-35)21-31(45)43-15-11-26(12-16-43)25-5-7-27(8-6-25)33(38)41-23-40-3/h4-11,19-20,23H,1,12-18,21-22,36-37H2,2-3H3,(H2,38,40,41)/t35-/m0/s1. The molecule has 0 saturated carbocycles. The van der Waals surface area contributed by atoms with E-state index in [1.165, 1.54) is 11.9 Å². The van der Waals surface area contributed by atoms with Crippen molar-refractivity contribution in [3.8, 4) is 0 Å². The molecule has 11 heteroatoms. The maximum absolute atomic E-state index is 13.9. The van der Waals surface area contributed by atoms with Gasteiger partial charge in [-0.3, -0.25) is 24.5 Å². The number of anilines is 2. The molecule has 240 valence electrons. The minimum Gasteiger partial charge on any atom is -0.398 e. The van der Waals surface area contributed by atoms with Gasteiger partial charge in [-0.15, -0.1) is 0 Å². The fraction of sp³-hybridized carbons (Fsp3) is 0.343. The average molecular weight is 622 g/mol. The van der Waals surface area contributed by atoms with Crippen LogP contribution in [0.4, 0.5) is 11.4 Å². The van der Waals surface area contributed by atoms with Gasteiger partial charge in [-0.1, -0.05) is 43.0 Å². The lowest BCUT2D eigenvalue weighted by atomic mass is 9.85. The number of hydrogen-bond acceptors (Lipinski definition) is 7. The number of nitrogen functional groups attached to an aromatic ring is 1. The molecule has 2 saturated heterocycles. The maximum Gasteiger partial charge on any atom is 0.237 e. The number of hydrogen-bond donors (Lipinski definition) is 3. The van der Waals surface area contributed by atoms with Gasteiger partial charge in [-0.05, 0) is 55.1 Å². The number of nitrogens with zero attached hydrogens (tertiary/aromatic N) is 6. The SMILES string of the molecule is C=CC(C=NC)=C(N)c1cc(N2CC[C@]3(CCN(CC(=O)N4CC=C(c5ccc(C(N)=NC=NC)cc5)CC4)C3)C2=O)ccc1N. The molecular formula is C35H43N9O2. The lowest BCUT2D eigenvalue weighted by molar-refractivity contribution is -0.132. The highest BCUT2D eigenvalue weighted by Crippen LogP contribution is 2.43. The number of amides is 2. The molecular weight excluding hydrogens is 578 g/mol. The van der Waals surface area contributed by atoms with Gasteiger partial charge in [0.15, 0.2) is 0 Å². The zero-order valence-electron chi connectivity index (χ0n) is 26.7. The molecule has 2 amide bonds. The van der Waals surface area contributed by atoms with Crippen molar-refractivity contribution in [3.05, 3.63) is 83.5 Å². The number of nitrogens with two attached hydrogens (primary N) is 3. The van der Waals surface area contributed by atoms with Crippen molar-refractivity contribution in [2.45, 2.75) is 19.3 Å². The molecule has 2 aromatic carbocycles. The van der Waals surface area contributed by atoms with Crippen LogP contribution in [0, 0.1) is 5.41 Å². The summed E-state index contributed by atoms with van der Waals surface area (Å²) >= 11 is 0. The van der Waals surface area contributed by atoms with Gasteiger partial charge in [-0.25, -0.2) is 4.99 Å². The fourth-order valence-electron chi connectivity index (χ4n) is 6.51. The number of carbonyl (C=O) groups is 2. The number of amidine groups is 1. The molecule has 2 fully saturated rings. The Morgan fingerprint density at radius 1 is 1.04 bits per heavy atom. The Bertz CT molecular complexity index is 1650. The predicted molar refractivity (Wildman–Crippen MR) is 188 cm³/mol. The van der Waals surface area contributed by atoms with Gasteiger partial charge in [-0.2, -0.15) is 0 Å². The number of benzene rings is 2. The van der Waals surface area contributed by atoms with E-state index >= 15 is 0 Å². The topological polar surface area (TPSA) is 159 Å². The summed E-state index contributed by atoms with van der Waals surface area (Å²) in [5.41, 5.74) is 24.4. The monoisotopic (exact) mass is 621 g/mol. The smallest absolute Gasteiger partial charge is 0.237 e. The van der Waals surface area contributed by atoms with Crippen LogP contribution < -0.4 is 22.1 Å². The van der Waals surface area contributed by atoms with Gasteiger partial charge >= 0.3 is 0 Å². The molecule has 0 bridgehead atoms. The zero-order chi connectivity index (χ0) is 32.8. The minimum absolute atomic E-state index is 0.0860. The first-order valence-electron chi connectivity index (χ1n) is 15.5. The molecule has 46 heavy (non-hydrogen) atoms. The molecule has 1 spiro atoms. The van der Waals surface area contributed by atoms with Gasteiger partial charge in [0.25, 0.3) is 0 Å². The number of carbonyl (C=O) groups excluding carboxylic acids is 2. The van der Waals surface area contributed by atoms with Crippen molar-refractivity contribution < 1.29 is 9.59 Å². The summed E-state index contributed by atoms with van der Waals surface area (Å²) < 4.78 is 0. The second kappa shape index (κ2) is 13.9. The van der Waals surface area contributed by atoms with E-state index < -0.39 is 5.41 Å². The summed E-state index contributed by atoms with van der Waals surface area (Å²) in [6, 6.07) is 13.5. The van der Waals surface area contributed by atoms with Crippen molar-refractivity contribution in [3.63, 3.8) is 0 Å². The third-order valence-electron chi connectivity index (χ3n) is 9.17. The van der Waals surface area contributed by atoms with Crippen LogP contribution in [0.1, 0.15) is 36.0 Å². The minimum atomic E-state index is -0.497. The first-order valence-corrected chi connectivity index (χ1v) is 15.5. The predicted octanol–water partition coefficient (Wildman–Crippen LogP) is 2.93. The van der Waals surface area contributed by atoms with Crippen molar-refractivity contribution >= 4 is 52.8 Å². The second-order valence-electron chi connectivity index (χ2n) is 12.0. The van der Waals surface area contributed by atoms with E-state index in [0.717, 1.165) is 36.1 Å². The second-order valence-corrected chi connectivity index (χ2v) is 12.0. The summed E-state index contributed by atoms with van der Waals surface area (Å²) in [6.45, 7) is 7.24. The quantitative estimate of drug-likeness (QED) is 0.169. The Balaban J connectivity index is 1.19. The highest BCUT2D eigenvalue weighted by molar-refractivity contribution is 6.02. The lowest BCUT2D eigenvalue weighted by Gasteiger charge is -2.29. The largest absolute Gasteiger partial charge is 0.398 e. The number of allylic oxidation sites excluding steroid dienone is 2. The summed E-state index contributed by atoms with van der Waals surface area (Å²) in [5.74, 6) is 0.591. The van der Waals surface area contributed by atoms with Crippen LogP contribution in [-0.2, 0) is 9.59 Å². The molecule has 5 rings (SSSR count). The molecule has 1 atom stereocenters. The van der Waals surface area contributed by atoms with Crippen LogP contribution >= 0.6 is 0 Å². The molecule has 2 aromatic rings. The molecule has 3 heterocycles. The average Bonchev–Trinajstić information content (AvgIpc) is 3.64. The zero-order valence-corrected chi connectivity index (χ0v) is 26.7. The van der Waals surface area contributed by atoms with E-state index in [2.05, 4.69) is 32.5 Å². The van der Waals surface area contributed by atoms with E-state index in [1.54, 1.807) is 32.5 Å². The Kier molecular flexibility index (Phi) is 9.81. The number of rotatable bonds is 9. The highest BCUT2D eigenvalue weighted by atomic mass is 16.2. The van der Waals surface area contributed by atoms with E-state index in [0.29, 0.717) is 67.6 Å². The van der Waals surface area contributed by atoms with Gasteiger partial charge < -0.3 is 27.0 Å². The van der Waals surface area contributed by atoms with Crippen LogP contribution in [0.25, 0.3) is 11.3 Å². The van der Waals surface area contributed by atoms with Crippen LogP contribution in [0.2, 0.25) is 0 Å². The van der Waals surface area contributed by atoms with Crippen LogP contribution in [0.15, 0.2) is 81.7 Å². The van der Waals surface area contributed by atoms with Gasteiger partial charge in [0.2, 0.25) is 11.8 Å². The van der Waals surface area contributed by atoms with E-state index in [9.17, 15) is 9.59 Å². The Morgan fingerprint density at radius 2 is 1.80 bits per heavy atom. The summed E-state index contributed by atoms with van der Waals surface area (Å²) in [7, 11) is 3.31. The third-order valence-corrected chi connectivity index (χ3v) is 9.17. The third kappa shape index (κ3) is 6.64. The Labute approximate surface area is 270 Å². The van der Waals surface area contributed by atoms with E-state index in [-0.39, 0.29) is 11.8 Å². The highest BCUT2D eigenvalue weighted by Gasteiger charge is 2.51. The van der Waals surface area contributed by atoms with Crippen LogP contribution in [-0.4, -0.2) is 93.4 Å². The van der Waals surface area contributed by atoms with Crippen molar-refractivity contribution in [1.29, 1.82) is 0 Å². The first kappa shape index (κ1) is 32.4. The fourth-order valence-corrected chi connectivity index (χ4v) is 6.51. The number of aliphatic imine (C=N–C) groups is 3. The summed E-state index contributed by atoms with van der Waals surface area (Å²) in [6.07, 6.45) is 9.06. The van der Waals surface area contributed by atoms with Crippen molar-refractivity contribution in [2.24, 2.45) is 31.9 Å². The number of likely N-dealkylation sites (tertiary alicyclic amines) is 1. The molecule has 0 aliphatic carbocycles. The molecule has 11 nitrogen and oxygen atoms in total. The Hall–Kier alpha value is -5.03. The summed E-state index contributed by atoms with van der Waals surface area (Å²) in [5, 5.41) is 0. The first-order chi connectivity index (χ1) is 22.2. The van der Waals surface area contributed by atoms with Crippen LogP contribution in [0.3, 0.4) is 0 Å². The van der Waals surface area contributed by atoms with Crippen LogP contribution in [0.5, 0.6) is 0 Å². The van der Waals surface area contributed by atoms with Crippen molar-refractivity contribution in [2.75, 3.05) is 64.0 Å². The molecule has 0 aromatic heterocycles. The van der Waals surface area contributed by atoms with Gasteiger partial charge in [0.05, 0.1) is 12.0 Å². The molecule has 3 aliphatic rings. The normalized spacial score (nSPS) is 21.5.